The highest BCUT2D eigenvalue weighted by molar-refractivity contribution is 7.98. The van der Waals surface area contributed by atoms with Crippen LogP contribution in [0.3, 0.4) is 0 Å². The molecule has 0 aliphatic heterocycles. The van der Waals surface area contributed by atoms with E-state index < -0.39 is 16.9 Å². The second-order valence-electron chi connectivity index (χ2n) is 10.3. The third-order valence-electron chi connectivity index (χ3n) is 6.97. The van der Waals surface area contributed by atoms with Crippen LogP contribution in [0.25, 0.3) is 5.69 Å². The third kappa shape index (κ3) is 6.75. The lowest BCUT2D eigenvalue weighted by atomic mass is 10.0. The fourth-order valence-electron chi connectivity index (χ4n) is 4.73. The van der Waals surface area contributed by atoms with E-state index >= 15 is 0 Å². The van der Waals surface area contributed by atoms with Crippen molar-refractivity contribution in [3.63, 3.8) is 0 Å². The zero-order valence-electron chi connectivity index (χ0n) is 23.7. The second-order valence-corrected chi connectivity index (χ2v) is 11.2. The molecule has 0 radical (unpaired) electrons. The molecule has 1 aromatic heterocycles. The van der Waals surface area contributed by atoms with Gasteiger partial charge in [-0.05, 0) is 56.5 Å². The van der Waals surface area contributed by atoms with Crippen molar-refractivity contribution in [1.29, 1.82) is 0 Å². The van der Waals surface area contributed by atoms with Crippen LogP contribution in [0.4, 0.5) is 5.69 Å². The first-order chi connectivity index (χ1) is 20.3. The van der Waals surface area contributed by atoms with E-state index in [9.17, 15) is 14.9 Å². The van der Waals surface area contributed by atoms with E-state index in [0.29, 0.717) is 28.7 Å². The summed E-state index contributed by atoms with van der Waals surface area (Å²) < 4.78 is 1.99. The Balaban J connectivity index is 1.55. The van der Waals surface area contributed by atoms with Crippen molar-refractivity contribution in [2.45, 2.75) is 44.1 Å². The third-order valence-corrected chi connectivity index (χ3v) is 7.97. The fraction of sp³-hybridized carbons (Fsp3) is 0.182. The maximum atomic E-state index is 13.6. The first kappa shape index (κ1) is 28.8. The van der Waals surface area contributed by atoms with Gasteiger partial charge in [-0.25, -0.2) is 0 Å². The van der Waals surface area contributed by atoms with Gasteiger partial charge >= 0.3 is 0 Å². The molecule has 1 amide bonds. The molecule has 5 rings (SSSR count). The summed E-state index contributed by atoms with van der Waals surface area (Å²) in [4.78, 5) is 24.6. The van der Waals surface area contributed by atoms with Crippen LogP contribution >= 0.6 is 11.8 Å². The molecule has 1 unspecified atom stereocenters. The van der Waals surface area contributed by atoms with Crippen LogP contribution < -0.4 is 5.32 Å². The van der Waals surface area contributed by atoms with Crippen molar-refractivity contribution in [1.82, 2.24) is 20.1 Å². The van der Waals surface area contributed by atoms with Crippen LogP contribution in [0.5, 0.6) is 0 Å². The molecule has 9 heteroatoms. The van der Waals surface area contributed by atoms with Crippen molar-refractivity contribution in [2.75, 3.05) is 0 Å². The number of thioether (sulfide) groups is 1. The van der Waals surface area contributed by atoms with E-state index in [0.717, 1.165) is 16.8 Å². The summed E-state index contributed by atoms with van der Waals surface area (Å²) in [6.07, 6.45) is 0.451. The summed E-state index contributed by atoms with van der Waals surface area (Å²) in [5.41, 5.74) is 5.98. The van der Waals surface area contributed by atoms with Gasteiger partial charge in [0.1, 0.15) is 0 Å². The SMILES string of the molecule is Cc1ccc(-n2c(SCc3cccc(C)c3)nnc2C(Cc2ccccc2)NC(=O)c2ccc(C)c([N+](=O)[O-])c2)cc1. The van der Waals surface area contributed by atoms with E-state index in [2.05, 4.69) is 40.6 Å². The standard InChI is InChI=1S/C33H31N5O3S/c1-22-12-16-28(17-13-22)37-31(35-36-33(37)42-21-26-11-7-8-23(2)18-26)29(19-25-9-5-4-6-10-25)34-32(39)27-15-14-24(3)30(20-27)38(40)41/h4-18,20,29H,19,21H2,1-3H3,(H,34,39). The molecule has 42 heavy (non-hydrogen) atoms. The molecule has 0 aliphatic carbocycles. The van der Waals surface area contributed by atoms with Crippen molar-refractivity contribution >= 4 is 23.4 Å². The van der Waals surface area contributed by atoms with Gasteiger partial charge in [-0.1, -0.05) is 95.7 Å². The number of nitro benzene ring substituents is 1. The summed E-state index contributed by atoms with van der Waals surface area (Å²) in [6, 6.07) is 30.2. The summed E-state index contributed by atoms with van der Waals surface area (Å²) in [5.74, 6) is 0.852. The monoisotopic (exact) mass is 577 g/mol. The predicted octanol–water partition coefficient (Wildman–Crippen LogP) is 7.11. The molecule has 0 spiro atoms. The van der Waals surface area contributed by atoms with Gasteiger partial charge in [0.2, 0.25) is 0 Å². The number of hydrogen-bond donors (Lipinski definition) is 1. The Morgan fingerprint density at radius 2 is 1.62 bits per heavy atom. The van der Waals surface area contributed by atoms with Gasteiger partial charge in [-0.3, -0.25) is 19.5 Å². The number of hydrogen-bond acceptors (Lipinski definition) is 6. The Labute approximate surface area is 249 Å². The number of aromatic nitrogens is 3. The molecule has 5 aromatic rings. The van der Waals surface area contributed by atoms with Gasteiger partial charge in [0.15, 0.2) is 11.0 Å². The second kappa shape index (κ2) is 12.8. The number of benzene rings is 4. The normalized spacial score (nSPS) is 11.7. The number of nitrogens with zero attached hydrogens (tertiary/aromatic N) is 4. The van der Waals surface area contributed by atoms with Crippen LogP contribution in [0.1, 0.15) is 50.0 Å². The first-order valence-electron chi connectivity index (χ1n) is 13.6. The van der Waals surface area contributed by atoms with Gasteiger partial charge in [-0.2, -0.15) is 0 Å². The average Bonchev–Trinajstić information content (AvgIpc) is 3.40. The lowest BCUT2D eigenvalue weighted by molar-refractivity contribution is -0.385. The van der Waals surface area contributed by atoms with E-state index in [4.69, 9.17) is 0 Å². The van der Waals surface area contributed by atoms with Crippen LogP contribution in [-0.2, 0) is 12.2 Å². The molecule has 0 bridgehead atoms. The van der Waals surface area contributed by atoms with E-state index in [1.165, 1.54) is 17.2 Å². The van der Waals surface area contributed by atoms with Gasteiger partial charge in [0.05, 0.1) is 11.0 Å². The maximum absolute atomic E-state index is 13.6. The van der Waals surface area contributed by atoms with Crippen molar-refractivity contribution < 1.29 is 9.72 Å². The Hall–Kier alpha value is -4.76. The number of nitro groups is 1. The van der Waals surface area contributed by atoms with Crippen LogP contribution in [0, 0.1) is 30.9 Å². The lowest BCUT2D eigenvalue weighted by Crippen LogP contribution is -2.32. The molecule has 212 valence electrons. The highest BCUT2D eigenvalue weighted by atomic mass is 32.2. The van der Waals surface area contributed by atoms with E-state index in [-0.39, 0.29) is 11.3 Å². The molecule has 1 heterocycles. The van der Waals surface area contributed by atoms with Gasteiger partial charge in [0.25, 0.3) is 11.6 Å². The zero-order chi connectivity index (χ0) is 29.6. The maximum Gasteiger partial charge on any atom is 0.273 e. The Morgan fingerprint density at radius 1 is 0.881 bits per heavy atom. The average molecular weight is 578 g/mol. The Morgan fingerprint density at radius 3 is 2.33 bits per heavy atom. The zero-order valence-corrected chi connectivity index (χ0v) is 24.5. The smallest absolute Gasteiger partial charge is 0.273 e. The van der Waals surface area contributed by atoms with Crippen LogP contribution in [0.2, 0.25) is 0 Å². The quantitative estimate of drug-likeness (QED) is 0.108. The summed E-state index contributed by atoms with van der Waals surface area (Å²) in [7, 11) is 0. The number of nitrogens with one attached hydrogen (secondary N) is 1. The Bertz CT molecular complexity index is 1720. The fourth-order valence-corrected chi connectivity index (χ4v) is 5.63. The highest BCUT2D eigenvalue weighted by Crippen LogP contribution is 2.30. The van der Waals surface area contributed by atoms with Crippen molar-refractivity contribution in [3.8, 4) is 5.69 Å². The minimum Gasteiger partial charge on any atom is -0.342 e. The van der Waals surface area contributed by atoms with Crippen LogP contribution in [0.15, 0.2) is 102 Å². The molecule has 8 nitrogen and oxygen atoms in total. The van der Waals surface area contributed by atoms with Crippen LogP contribution in [-0.4, -0.2) is 25.6 Å². The van der Waals surface area contributed by atoms with Crippen molar-refractivity contribution in [3.05, 3.63) is 146 Å². The first-order valence-corrected chi connectivity index (χ1v) is 14.6. The van der Waals surface area contributed by atoms with E-state index in [1.807, 2.05) is 72.2 Å². The lowest BCUT2D eigenvalue weighted by Gasteiger charge is -2.20. The number of carbonyl (C=O) groups is 1. The number of aryl methyl sites for hydroxylation is 3. The molecule has 0 fully saturated rings. The molecule has 0 saturated heterocycles. The van der Waals surface area contributed by atoms with Crippen molar-refractivity contribution in [2.24, 2.45) is 0 Å². The molecule has 4 aromatic carbocycles. The van der Waals surface area contributed by atoms with E-state index in [1.54, 1.807) is 30.8 Å². The summed E-state index contributed by atoms with van der Waals surface area (Å²) >= 11 is 1.58. The molecular weight excluding hydrogens is 546 g/mol. The summed E-state index contributed by atoms with van der Waals surface area (Å²) in [5, 5.41) is 24.5. The van der Waals surface area contributed by atoms with Gasteiger partial charge in [0, 0.05) is 28.6 Å². The molecule has 1 N–H and O–H groups in total. The number of carbonyl (C=O) groups excluding carboxylic acids is 1. The molecule has 0 saturated carbocycles. The van der Waals surface area contributed by atoms with Gasteiger partial charge in [-0.15, -0.1) is 10.2 Å². The minimum atomic E-state index is -0.567. The largest absolute Gasteiger partial charge is 0.342 e. The molecular formula is C33H31N5O3S. The predicted molar refractivity (Wildman–Crippen MR) is 165 cm³/mol. The number of amides is 1. The topological polar surface area (TPSA) is 103 Å². The summed E-state index contributed by atoms with van der Waals surface area (Å²) in [6.45, 7) is 5.75. The highest BCUT2D eigenvalue weighted by Gasteiger charge is 2.26. The number of rotatable bonds is 10. The Kier molecular flexibility index (Phi) is 8.78. The molecule has 1 atom stereocenters. The van der Waals surface area contributed by atoms with Gasteiger partial charge < -0.3 is 5.32 Å². The molecule has 0 aliphatic rings. The minimum absolute atomic E-state index is 0.0973.